The molecule has 1 aliphatic rings. The molecule has 1 saturated heterocycles. The van der Waals surface area contributed by atoms with Gasteiger partial charge >= 0.3 is 0 Å². The molecule has 35 heavy (non-hydrogen) atoms. The molecule has 182 valence electrons. The molecule has 8 heteroatoms. The van der Waals surface area contributed by atoms with Crippen LogP contribution in [-0.4, -0.2) is 38.1 Å². The number of carbonyl (C=O) groups is 1. The second kappa shape index (κ2) is 11.9. The van der Waals surface area contributed by atoms with Gasteiger partial charge in [0.25, 0.3) is 5.91 Å². The molecule has 2 aromatic carbocycles. The first-order valence-electron chi connectivity index (χ1n) is 11.8. The molecule has 0 unspecified atom stereocenters. The van der Waals surface area contributed by atoms with Crippen LogP contribution in [-0.2, 0) is 4.79 Å². The lowest BCUT2D eigenvalue weighted by atomic mass is 10.1. The third kappa shape index (κ3) is 5.97. The molecule has 2 heterocycles. The van der Waals surface area contributed by atoms with E-state index in [2.05, 4.69) is 13.8 Å². The fraction of sp³-hybridized carbons (Fsp3) is 0.296. The first kappa shape index (κ1) is 25.5. The monoisotopic (exact) mass is 525 g/mol. The smallest absolute Gasteiger partial charge is 0.266 e. The molecule has 1 aromatic heterocycles. The van der Waals surface area contributed by atoms with Crippen LogP contribution in [0.1, 0.15) is 45.1 Å². The highest BCUT2D eigenvalue weighted by molar-refractivity contribution is 8.26. The predicted octanol–water partition coefficient (Wildman–Crippen LogP) is 7.37. The number of unbranched alkanes of at least 4 members (excludes halogenated alkanes) is 2. The van der Waals surface area contributed by atoms with Gasteiger partial charge in [0.1, 0.15) is 15.8 Å². The number of benzene rings is 2. The van der Waals surface area contributed by atoms with Crippen molar-refractivity contribution in [2.24, 2.45) is 0 Å². The van der Waals surface area contributed by atoms with Gasteiger partial charge in [-0.05, 0) is 49.2 Å². The maximum absolute atomic E-state index is 13.1. The van der Waals surface area contributed by atoms with E-state index in [1.54, 1.807) is 4.90 Å². The Morgan fingerprint density at radius 1 is 1.11 bits per heavy atom. The van der Waals surface area contributed by atoms with E-state index in [0.717, 1.165) is 48.2 Å². The highest BCUT2D eigenvalue weighted by Gasteiger charge is 2.32. The number of hydrogen-bond donors (Lipinski definition) is 0. The molecule has 0 N–H and O–H groups in total. The van der Waals surface area contributed by atoms with Crippen LogP contribution in [0.3, 0.4) is 0 Å². The lowest BCUT2D eigenvalue weighted by Gasteiger charge is -2.13. The van der Waals surface area contributed by atoms with Gasteiger partial charge in [0.2, 0.25) is 0 Å². The lowest BCUT2D eigenvalue weighted by Crippen LogP contribution is -2.28. The Kier molecular flexibility index (Phi) is 8.65. The number of thioether (sulfide) groups is 1. The van der Waals surface area contributed by atoms with Crippen LogP contribution < -0.4 is 4.74 Å². The number of aromatic nitrogens is 2. The van der Waals surface area contributed by atoms with E-state index in [1.165, 1.54) is 11.8 Å². The van der Waals surface area contributed by atoms with Crippen molar-refractivity contribution in [1.82, 2.24) is 14.7 Å². The van der Waals surface area contributed by atoms with Crippen molar-refractivity contribution in [2.75, 3.05) is 13.2 Å². The van der Waals surface area contributed by atoms with E-state index in [0.29, 0.717) is 33.1 Å². The van der Waals surface area contributed by atoms with Crippen molar-refractivity contribution in [3.63, 3.8) is 0 Å². The number of nitrogens with zero attached hydrogens (tertiary/aromatic N) is 3. The van der Waals surface area contributed by atoms with Crippen molar-refractivity contribution in [3.05, 3.63) is 70.2 Å². The van der Waals surface area contributed by atoms with Gasteiger partial charge in [0, 0.05) is 23.9 Å². The number of amides is 1. The van der Waals surface area contributed by atoms with Crippen molar-refractivity contribution < 1.29 is 9.53 Å². The molecule has 0 saturated carbocycles. The fourth-order valence-corrected chi connectivity index (χ4v) is 5.30. The summed E-state index contributed by atoms with van der Waals surface area (Å²) in [5.74, 6) is 0.602. The number of carbonyl (C=O) groups excluding carboxylic acids is 1. The summed E-state index contributed by atoms with van der Waals surface area (Å²) >= 11 is 13.4. The first-order valence-corrected chi connectivity index (χ1v) is 13.4. The van der Waals surface area contributed by atoms with E-state index in [4.69, 9.17) is 33.7 Å². The number of rotatable bonds is 10. The molecule has 0 bridgehead atoms. The summed E-state index contributed by atoms with van der Waals surface area (Å²) in [7, 11) is 0. The lowest BCUT2D eigenvalue weighted by molar-refractivity contribution is -0.122. The Morgan fingerprint density at radius 2 is 1.91 bits per heavy atom. The summed E-state index contributed by atoms with van der Waals surface area (Å²) in [5, 5.41) is 5.38. The van der Waals surface area contributed by atoms with Crippen molar-refractivity contribution in [2.45, 2.75) is 39.5 Å². The molecule has 1 amide bonds. The second-order valence-electron chi connectivity index (χ2n) is 8.25. The average Bonchev–Trinajstić information content (AvgIpc) is 3.40. The molecule has 4 rings (SSSR count). The summed E-state index contributed by atoms with van der Waals surface area (Å²) < 4.78 is 8.15. The summed E-state index contributed by atoms with van der Waals surface area (Å²) in [4.78, 5) is 15.4. The minimum absolute atomic E-state index is 0.0455. The van der Waals surface area contributed by atoms with Gasteiger partial charge in [0.15, 0.2) is 0 Å². The molecule has 0 radical (unpaired) electrons. The molecule has 3 aromatic rings. The van der Waals surface area contributed by atoms with Gasteiger partial charge < -0.3 is 4.74 Å². The van der Waals surface area contributed by atoms with Gasteiger partial charge in [-0.25, -0.2) is 4.68 Å². The topological polar surface area (TPSA) is 47.4 Å². The Morgan fingerprint density at radius 3 is 2.63 bits per heavy atom. The molecular formula is C27H28ClN3O2S2. The van der Waals surface area contributed by atoms with Crippen molar-refractivity contribution in [3.8, 4) is 22.7 Å². The highest BCUT2D eigenvalue weighted by atomic mass is 35.5. The first-order chi connectivity index (χ1) is 17.0. The van der Waals surface area contributed by atoms with Crippen LogP contribution in [0.5, 0.6) is 5.75 Å². The van der Waals surface area contributed by atoms with E-state index in [9.17, 15) is 4.79 Å². The van der Waals surface area contributed by atoms with Gasteiger partial charge in [-0.1, -0.05) is 80.5 Å². The number of para-hydroxylation sites is 1. The van der Waals surface area contributed by atoms with E-state index < -0.39 is 0 Å². The van der Waals surface area contributed by atoms with Crippen LogP contribution in [0.2, 0.25) is 5.02 Å². The summed E-state index contributed by atoms with van der Waals surface area (Å²) in [6, 6.07) is 15.5. The van der Waals surface area contributed by atoms with E-state index in [1.807, 2.05) is 65.5 Å². The minimum Gasteiger partial charge on any atom is -0.492 e. The Balaban J connectivity index is 1.71. The molecule has 1 aliphatic heterocycles. The maximum Gasteiger partial charge on any atom is 0.266 e. The fourth-order valence-electron chi connectivity index (χ4n) is 3.76. The number of hydrogen-bond acceptors (Lipinski definition) is 5. The van der Waals surface area contributed by atoms with Crippen molar-refractivity contribution in [1.29, 1.82) is 0 Å². The van der Waals surface area contributed by atoms with Gasteiger partial charge in [-0.3, -0.25) is 9.69 Å². The van der Waals surface area contributed by atoms with Crippen molar-refractivity contribution >= 4 is 51.9 Å². The van der Waals surface area contributed by atoms with Crippen LogP contribution in [0, 0.1) is 0 Å². The molecule has 0 aliphatic carbocycles. The SMILES string of the molecule is CCCCCN1C(=O)/C(=C/c2cn(-c3ccccc3)nc2-c2ccc(OCCC)c(Cl)c2)SC1=S. The highest BCUT2D eigenvalue weighted by Crippen LogP contribution is 2.36. The standard InChI is InChI=1S/C27H28ClN3O2S2/c1-3-5-9-14-30-26(32)24(35-27(30)34)17-20-18-31(21-10-7-6-8-11-21)29-25(20)19-12-13-23(22(28)16-19)33-15-4-2/h6-8,10-13,16-18H,3-5,9,14-15H2,1-2H3/b24-17-. The zero-order valence-corrected chi connectivity index (χ0v) is 22.3. The number of thiocarbonyl (C=S) groups is 1. The molecule has 5 nitrogen and oxygen atoms in total. The van der Waals surface area contributed by atoms with Gasteiger partial charge in [-0.15, -0.1) is 0 Å². The molecule has 1 fully saturated rings. The van der Waals surface area contributed by atoms with Gasteiger partial charge in [-0.2, -0.15) is 5.10 Å². The minimum atomic E-state index is -0.0455. The van der Waals surface area contributed by atoms with Crippen LogP contribution >= 0.6 is 35.6 Å². The van der Waals surface area contributed by atoms with E-state index in [-0.39, 0.29) is 5.91 Å². The molecule has 0 spiro atoms. The predicted molar refractivity (Wildman–Crippen MR) is 149 cm³/mol. The number of ether oxygens (including phenoxy) is 1. The third-order valence-corrected chi connectivity index (χ3v) is 7.25. The zero-order chi connectivity index (χ0) is 24.8. The Hall–Kier alpha value is -2.61. The zero-order valence-electron chi connectivity index (χ0n) is 19.9. The summed E-state index contributed by atoms with van der Waals surface area (Å²) in [6.07, 6.45) is 7.83. The van der Waals surface area contributed by atoms with E-state index >= 15 is 0 Å². The summed E-state index contributed by atoms with van der Waals surface area (Å²) in [6.45, 7) is 5.45. The van der Waals surface area contributed by atoms with Crippen LogP contribution in [0.4, 0.5) is 0 Å². The third-order valence-electron chi connectivity index (χ3n) is 5.58. The molecule has 0 atom stereocenters. The van der Waals surface area contributed by atoms with Crippen LogP contribution in [0.25, 0.3) is 23.0 Å². The largest absolute Gasteiger partial charge is 0.492 e. The second-order valence-corrected chi connectivity index (χ2v) is 10.3. The maximum atomic E-state index is 13.1. The summed E-state index contributed by atoms with van der Waals surface area (Å²) in [5.41, 5.74) is 3.32. The van der Waals surface area contributed by atoms with Gasteiger partial charge in [0.05, 0.1) is 22.2 Å². The number of halogens is 1. The van der Waals surface area contributed by atoms with Crippen LogP contribution in [0.15, 0.2) is 59.6 Å². The quantitative estimate of drug-likeness (QED) is 0.157. The molecular weight excluding hydrogens is 498 g/mol. The average molecular weight is 526 g/mol. The Labute approximate surface area is 221 Å². The normalized spacial score (nSPS) is 14.8. The Bertz CT molecular complexity index is 1240.